The van der Waals surface area contributed by atoms with Crippen LogP contribution in [-0.4, -0.2) is 145 Å². The summed E-state index contributed by atoms with van der Waals surface area (Å²) in [6.45, 7) is 20.3. The summed E-state index contributed by atoms with van der Waals surface area (Å²) < 4.78 is 66.6. The molecule has 84 heavy (non-hydrogen) atoms. The normalized spacial score (nSPS) is 28.7. The standard InChI is InChI=1S/C60H96O24/c1-13-37-25-49(61)74-39(15-3)27-51(63)76-41(17-5)29-53(65)78-43(19-7)31-55(67)80-45(21-9)33-57(69)82-47(23-11)35-59(71)84-48(24-12)36-60(72)83-46(22-10)34-58(70)81-44(20-8)32-56(68)79-42(18-6)30-54(66)77-40(16-4)28-52(64)75-38(14-2)26-50(62)73-37/h37-48H,13-36H2,1-12H3/t37-,38-,39-,40-,41-,42-,43?,44?,45?,46?,47?,48?/m1/s1. The molecule has 0 bridgehead atoms. The molecule has 480 valence electrons. The zero-order valence-corrected chi connectivity index (χ0v) is 51.7. The van der Waals surface area contributed by atoms with Crippen molar-refractivity contribution < 1.29 is 114 Å². The Hall–Kier alpha value is -6.36. The van der Waals surface area contributed by atoms with Crippen LogP contribution in [0.5, 0.6) is 0 Å². The third-order valence-corrected chi connectivity index (χ3v) is 13.8. The summed E-state index contributed by atoms with van der Waals surface area (Å²) in [4.78, 5) is 157. The van der Waals surface area contributed by atoms with Gasteiger partial charge in [0.25, 0.3) is 0 Å². The summed E-state index contributed by atoms with van der Waals surface area (Å²) in [7, 11) is 0. The van der Waals surface area contributed by atoms with Gasteiger partial charge in [-0.05, 0) is 77.0 Å². The van der Waals surface area contributed by atoms with Crippen LogP contribution >= 0.6 is 0 Å². The van der Waals surface area contributed by atoms with Crippen molar-refractivity contribution in [2.24, 2.45) is 0 Å². The quantitative estimate of drug-likeness (QED) is 0.130. The number of hydrogen-bond acceptors (Lipinski definition) is 24. The zero-order chi connectivity index (χ0) is 63.3. The first-order valence-corrected chi connectivity index (χ1v) is 30.3. The molecular weight excluding hydrogens is 1100 g/mol. The lowest BCUT2D eigenvalue weighted by Crippen LogP contribution is -2.31. The van der Waals surface area contributed by atoms with Gasteiger partial charge in [-0.1, -0.05) is 83.1 Å². The van der Waals surface area contributed by atoms with Crippen LogP contribution in [-0.2, 0) is 114 Å². The maximum atomic E-state index is 13.1. The van der Waals surface area contributed by atoms with E-state index >= 15 is 0 Å². The first-order chi connectivity index (χ1) is 39.9. The average Bonchev–Trinajstić information content (AvgIpc) is 3.47. The van der Waals surface area contributed by atoms with E-state index in [9.17, 15) is 57.5 Å². The van der Waals surface area contributed by atoms with Gasteiger partial charge in [0, 0.05) is 0 Å². The Morgan fingerprint density at radius 3 is 0.274 bits per heavy atom. The molecular formula is C60H96O24. The van der Waals surface area contributed by atoms with Crippen LogP contribution in [0.4, 0.5) is 0 Å². The summed E-state index contributed by atoms with van der Waals surface area (Å²) in [5.74, 6) is -9.03. The molecule has 0 spiro atoms. The van der Waals surface area contributed by atoms with E-state index in [0.717, 1.165) is 0 Å². The predicted molar refractivity (Wildman–Crippen MR) is 297 cm³/mol. The number of esters is 12. The third kappa shape index (κ3) is 32.6. The fourth-order valence-corrected chi connectivity index (χ4v) is 8.27. The third-order valence-electron chi connectivity index (χ3n) is 13.8. The van der Waals surface area contributed by atoms with Crippen molar-refractivity contribution in [2.75, 3.05) is 0 Å². The Morgan fingerprint density at radius 2 is 0.226 bits per heavy atom. The highest BCUT2D eigenvalue weighted by Gasteiger charge is 2.32. The molecule has 0 aromatic carbocycles. The number of ether oxygens (including phenoxy) is 12. The maximum absolute atomic E-state index is 13.1. The highest BCUT2D eigenvalue weighted by atomic mass is 16.6. The summed E-state index contributed by atoms with van der Waals surface area (Å²) in [5.41, 5.74) is 0. The second kappa shape index (κ2) is 42.4. The lowest BCUT2D eigenvalue weighted by Gasteiger charge is -2.23. The molecule has 12 atom stereocenters. The van der Waals surface area contributed by atoms with E-state index in [2.05, 4.69) is 0 Å². The summed E-state index contributed by atoms with van der Waals surface area (Å²) >= 11 is 0. The Morgan fingerprint density at radius 1 is 0.167 bits per heavy atom. The largest absolute Gasteiger partial charge is 0.462 e. The van der Waals surface area contributed by atoms with Crippen LogP contribution in [0.15, 0.2) is 0 Å². The minimum absolute atomic E-state index is 0.220. The zero-order valence-electron chi connectivity index (χ0n) is 51.7. The lowest BCUT2D eigenvalue weighted by atomic mass is 10.1. The van der Waals surface area contributed by atoms with Crippen molar-refractivity contribution in [3.8, 4) is 0 Å². The first kappa shape index (κ1) is 75.7. The van der Waals surface area contributed by atoms with Crippen LogP contribution in [0, 0.1) is 0 Å². The van der Waals surface area contributed by atoms with Crippen LogP contribution in [0.25, 0.3) is 0 Å². The van der Waals surface area contributed by atoms with Crippen LogP contribution in [0.2, 0.25) is 0 Å². The van der Waals surface area contributed by atoms with Gasteiger partial charge >= 0.3 is 71.6 Å². The first-order valence-electron chi connectivity index (χ1n) is 30.3. The molecule has 0 radical (unpaired) electrons. The maximum Gasteiger partial charge on any atom is 0.309 e. The molecule has 1 rings (SSSR count). The van der Waals surface area contributed by atoms with E-state index in [0.29, 0.717) is 0 Å². The van der Waals surface area contributed by atoms with E-state index in [1.165, 1.54) is 0 Å². The van der Waals surface area contributed by atoms with Gasteiger partial charge in [-0.25, -0.2) is 0 Å². The fraction of sp³-hybridized carbons (Fsp3) is 0.800. The average molecular weight is 1200 g/mol. The molecule has 0 N–H and O–H groups in total. The molecule has 1 heterocycles. The highest BCUT2D eigenvalue weighted by Crippen LogP contribution is 2.21. The van der Waals surface area contributed by atoms with Crippen molar-refractivity contribution in [3.05, 3.63) is 0 Å². The molecule has 24 heteroatoms. The number of carbonyl (C=O) groups is 12. The Bertz CT molecular complexity index is 1480. The highest BCUT2D eigenvalue weighted by molar-refractivity contribution is 5.78. The monoisotopic (exact) mass is 1200 g/mol. The number of hydrogen-bond donors (Lipinski definition) is 0. The molecule has 1 aliphatic heterocycles. The number of cyclic esters (lactones) is 12. The SMILES string of the molecule is CCC1CC(=O)OC(CC)CC(=O)OC(CC)CC(=O)OC(CC)CC(=O)O[C@H](CC)CC(=O)O[C@H](CC)CC(=O)O[C@H](CC)CC(=O)O[C@H](CC)CC(=O)O[C@H](CC)CC(=O)O[C@H](CC)CC(=O)OC(CC)CC(=O)OC(CC)CC(=O)O1. The Labute approximate surface area is 495 Å². The van der Waals surface area contributed by atoms with Gasteiger partial charge in [0.15, 0.2) is 0 Å². The molecule has 0 aromatic rings. The van der Waals surface area contributed by atoms with Gasteiger partial charge in [-0.2, -0.15) is 0 Å². The summed E-state index contributed by atoms with van der Waals surface area (Å²) in [5, 5.41) is 0. The predicted octanol–water partition coefficient (Wildman–Crippen LogP) is 8.54. The minimum Gasteiger partial charge on any atom is -0.462 e. The summed E-state index contributed by atoms with van der Waals surface area (Å²) in [6.07, 6.45) is -12.5. The topological polar surface area (TPSA) is 316 Å². The summed E-state index contributed by atoms with van der Waals surface area (Å²) in [6, 6.07) is 0. The molecule has 0 saturated carbocycles. The van der Waals surface area contributed by atoms with Crippen molar-refractivity contribution in [1.29, 1.82) is 0 Å². The lowest BCUT2D eigenvalue weighted by molar-refractivity contribution is -0.167. The van der Waals surface area contributed by atoms with Crippen molar-refractivity contribution in [3.63, 3.8) is 0 Å². The van der Waals surface area contributed by atoms with E-state index in [-0.39, 0.29) is 154 Å². The van der Waals surface area contributed by atoms with Crippen LogP contribution in [0.1, 0.15) is 237 Å². The second-order valence-corrected chi connectivity index (χ2v) is 20.7. The van der Waals surface area contributed by atoms with E-state index in [4.69, 9.17) is 56.8 Å². The molecule has 0 amide bonds. The van der Waals surface area contributed by atoms with Gasteiger partial charge < -0.3 is 56.8 Å². The fourth-order valence-electron chi connectivity index (χ4n) is 8.27. The van der Waals surface area contributed by atoms with Crippen molar-refractivity contribution in [2.45, 2.75) is 310 Å². The van der Waals surface area contributed by atoms with E-state index in [1.54, 1.807) is 83.1 Å². The Kier molecular flexibility index (Phi) is 38.2. The Balaban J connectivity index is 3.28. The molecule has 1 saturated heterocycles. The molecule has 1 aliphatic rings. The van der Waals surface area contributed by atoms with Gasteiger partial charge in [-0.3, -0.25) is 57.5 Å². The second-order valence-electron chi connectivity index (χ2n) is 20.7. The molecule has 0 aromatic heterocycles. The molecule has 1 fully saturated rings. The van der Waals surface area contributed by atoms with Crippen molar-refractivity contribution in [1.82, 2.24) is 0 Å². The van der Waals surface area contributed by atoms with Crippen LogP contribution in [0.3, 0.4) is 0 Å². The number of carbonyl (C=O) groups excluding carboxylic acids is 12. The van der Waals surface area contributed by atoms with Crippen molar-refractivity contribution >= 4 is 71.6 Å². The molecule has 6 unspecified atom stereocenters. The molecule has 24 nitrogen and oxygen atoms in total. The number of rotatable bonds is 12. The van der Waals surface area contributed by atoms with Gasteiger partial charge in [-0.15, -0.1) is 0 Å². The minimum atomic E-state index is -0.919. The van der Waals surface area contributed by atoms with Gasteiger partial charge in [0.1, 0.15) is 73.2 Å². The van der Waals surface area contributed by atoms with Gasteiger partial charge in [0.2, 0.25) is 0 Å². The van der Waals surface area contributed by atoms with E-state index < -0.39 is 145 Å². The van der Waals surface area contributed by atoms with E-state index in [1.807, 2.05) is 0 Å². The smallest absolute Gasteiger partial charge is 0.309 e. The van der Waals surface area contributed by atoms with Gasteiger partial charge in [0.05, 0.1) is 77.0 Å². The van der Waals surface area contributed by atoms with Crippen LogP contribution < -0.4 is 0 Å². The molecule has 0 aliphatic carbocycles.